The van der Waals surface area contributed by atoms with Gasteiger partial charge in [-0.15, -0.1) is 0 Å². The van der Waals surface area contributed by atoms with E-state index in [-0.39, 0.29) is 35.5 Å². The number of hydrogen-bond donors (Lipinski definition) is 3. The number of hydrazine groups is 1. The summed E-state index contributed by atoms with van der Waals surface area (Å²) in [4.78, 5) is 35.4. The first kappa shape index (κ1) is 20.3. The Balaban J connectivity index is 1.69. The Labute approximate surface area is 158 Å². The van der Waals surface area contributed by atoms with Crippen molar-refractivity contribution in [3.8, 4) is 0 Å². The lowest BCUT2D eigenvalue weighted by atomic mass is 10.2. The molecule has 6 nitrogen and oxygen atoms in total. The maximum Gasteiger partial charge on any atom is 0.271 e. The largest absolute Gasteiger partial charge is 0.352 e. The second-order valence-electron chi connectivity index (χ2n) is 5.47. The summed E-state index contributed by atoms with van der Waals surface area (Å²) in [6.07, 6.45) is 0.261. The fourth-order valence-electron chi connectivity index (χ4n) is 2.12. The smallest absolute Gasteiger partial charge is 0.271 e. The molecule has 3 amide bonds. The molecule has 0 heterocycles. The number of rotatable bonds is 6. The van der Waals surface area contributed by atoms with Crippen molar-refractivity contribution in [2.75, 3.05) is 6.54 Å². The van der Waals surface area contributed by atoms with Crippen LogP contribution in [0.25, 0.3) is 0 Å². The van der Waals surface area contributed by atoms with Crippen molar-refractivity contribution in [1.82, 2.24) is 16.2 Å². The van der Waals surface area contributed by atoms with Crippen molar-refractivity contribution in [2.45, 2.75) is 12.8 Å². The summed E-state index contributed by atoms with van der Waals surface area (Å²) < 4.78 is 26.3. The fraction of sp³-hybridized carbons (Fsp3) is 0.167. The van der Waals surface area contributed by atoms with Crippen LogP contribution in [0.3, 0.4) is 0 Å². The molecule has 0 spiro atoms. The standard InChI is InChI=1S/C18H16ClF2N3O3/c19-14-5-2-1-4-12(14)18(27)24-23-16(25)6-3-9-22-17(26)13-8-7-11(20)10-15(13)21/h1-2,4-5,7-8,10H,3,6,9H2,(H,22,26)(H,23,25)(H,24,27). The summed E-state index contributed by atoms with van der Waals surface area (Å²) in [5, 5.41) is 2.68. The van der Waals surface area contributed by atoms with E-state index in [1.165, 1.54) is 6.07 Å². The zero-order valence-electron chi connectivity index (χ0n) is 14.0. The third-order valence-electron chi connectivity index (χ3n) is 3.48. The van der Waals surface area contributed by atoms with Gasteiger partial charge in [0.15, 0.2) is 0 Å². The topological polar surface area (TPSA) is 87.3 Å². The first-order valence-corrected chi connectivity index (χ1v) is 8.33. The van der Waals surface area contributed by atoms with Gasteiger partial charge in [-0.05, 0) is 30.7 Å². The maximum atomic E-state index is 13.5. The van der Waals surface area contributed by atoms with E-state index >= 15 is 0 Å². The van der Waals surface area contributed by atoms with Crippen LogP contribution in [0.4, 0.5) is 8.78 Å². The number of halogens is 3. The Morgan fingerprint density at radius 3 is 2.37 bits per heavy atom. The average Bonchev–Trinajstić information content (AvgIpc) is 2.63. The van der Waals surface area contributed by atoms with Gasteiger partial charge in [-0.25, -0.2) is 8.78 Å². The molecule has 142 valence electrons. The molecule has 0 saturated heterocycles. The Morgan fingerprint density at radius 2 is 1.67 bits per heavy atom. The van der Waals surface area contributed by atoms with Crippen LogP contribution in [-0.2, 0) is 4.79 Å². The van der Waals surface area contributed by atoms with Gasteiger partial charge in [-0.2, -0.15) is 0 Å². The van der Waals surface area contributed by atoms with Crippen molar-refractivity contribution >= 4 is 29.3 Å². The maximum absolute atomic E-state index is 13.5. The van der Waals surface area contributed by atoms with Crippen LogP contribution >= 0.6 is 11.6 Å². The van der Waals surface area contributed by atoms with Gasteiger partial charge in [-0.3, -0.25) is 25.2 Å². The number of amides is 3. The Bertz CT molecular complexity index is 861. The number of hydrogen-bond acceptors (Lipinski definition) is 3. The van der Waals surface area contributed by atoms with Gasteiger partial charge in [0.1, 0.15) is 11.6 Å². The minimum Gasteiger partial charge on any atom is -0.352 e. The number of carbonyl (C=O) groups excluding carboxylic acids is 3. The van der Waals surface area contributed by atoms with Crippen LogP contribution in [-0.4, -0.2) is 24.3 Å². The van der Waals surface area contributed by atoms with E-state index in [9.17, 15) is 23.2 Å². The highest BCUT2D eigenvalue weighted by Crippen LogP contribution is 2.14. The quantitative estimate of drug-likeness (QED) is 0.519. The van der Waals surface area contributed by atoms with Crippen LogP contribution in [0.1, 0.15) is 33.6 Å². The number of benzene rings is 2. The predicted molar refractivity (Wildman–Crippen MR) is 95.0 cm³/mol. The number of nitrogens with one attached hydrogen (secondary N) is 3. The van der Waals surface area contributed by atoms with E-state index in [2.05, 4.69) is 16.2 Å². The van der Waals surface area contributed by atoms with Crippen molar-refractivity contribution in [3.05, 3.63) is 70.2 Å². The highest BCUT2D eigenvalue weighted by Gasteiger charge is 2.13. The van der Waals surface area contributed by atoms with Crippen molar-refractivity contribution in [2.24, 2.45) is 0 Å². The molecule has 0 fully saturated rings. The summed E-state index contributed by atoms with van der Waals surface area (Å²) >= 11 is 5.88. The Hall–Kier alpha value is -3.00. The molecule has 0 aliphatic heterocycles. The molecular formula is C18H16ClF2N3O3. The van der Waals surface area contributed by atoms with Gasteiger partial charge in [0.05, 0.1) is 16.1 Å². The predicted octanol–water partition coefficient (Wildman–Crippen LogP) is 2.59. The molecule has 0 aliphatic rings. The van der Waals surface area contributed by atoms with Crippen LogP contribution in [0.2, 0.25) is 5.02 Å². The molecule has 2 rings (SSSR count). The molecule has 0 radical (unpaired) electrons. The number of carbonyl (C=O) groups is 3. The van der Waals surface area contributed by atoms with E-state index in [0.717, 1.165) is 12.1 Å². The molecule has 2 aromatic rings. The Morgan fingerprint density at radius 1 is 0.926 bits per heavy atom. The highest BCUT2D eigenvalue weighted by molar-refractivity contribution is 6.33. The monoisotopic (exact) mass is 395 g/mol. The lowest BCUT2D eigenvalue weighted by molar-refractivity contribution is -0.121. The summed E-state index contributed by atoms with van der Waals surface area (Å²) in [6.45, 7) is 0.0987. The van der Waals surface area contributed by atoms with E-state index in [0.29, 0.717) is 6.07 Å². The normalized spacial score (nSPS) is 10.2. The molecule has 2 aromatic carbocycles. The second kappa shape index (κ2) is 9.63. The van der Waals surface area contributed by atoms with Crippen LogP contribution in [0.5, 0.6) is 0 Å². The molecule has 9 heteroatoms. The first-order valence-electron chi connectivity index (χ1n) is 7.95. The third kappa shape index (κ3) is 6.03. The van der Waals surface area contributed by atoms with E-state index < -0.39 is 29.4 Å². The second-order valence-corrected chi connectivity index (χ2v) is 5.87. The van der Waals surface area contributed by atoms with Crippen molar-refractivity contribution in [1.29, 1.82) is 0 Å². The van der Waals surface area contributed by atoms with Gasteiger partial charge in [0, 0.05) is 19.0 Å². The lowest BCUT2D eigenvalue weighted by Gasteiger charge is -2.09. The molecule has 0 atom stereocenters. The highest BCUT2D eigenvalue weighted by atomic mass is 35.5. The van der Waals surface area contributed by atoms with Gasteiger partial charge < -0.3 is 5.32 Å². The van der Waals surface area contributed by atoms with Crippen molar-refractivity contribution in [3.63, 3.8) is 0 Å². The zero-order chi connectivity index (χ0) is 19.8. The van der Waals surface area contributed by atoms with E-state index in [1.54, 1.807) is 18.2 Å². The van der Waals surface area contributed by atoms with Gasteiger partial charge >= 0.3 is 0 Å². The summed E-state index contributed by atoms with van der Waals surface area (Å²) in [7, 11) is 0. The zero-order valence-corrected chi connectivity index (χ0v) is 14.8. The molecule has 0 saturated carbocycles. The van der Waals surface area contributed by atoms with Crippen LogP contribution in [0.15, 0.2) is 42.5 Å². The molecule has 0 aromatic heterocycles. The van der Waals surface area contributed by atoms with Crippen LogP contribution < -0.4 is 16.2 Å². The molecule has 0 aliphatic carbocycles. The third-order valence-corrected chi connectivity index (χ3v) is 3.81. The first-order chi connectivity index (χ1) is 12.9. The molecule has 27 heavy (non-hydrogen) atoms. The SMILES string of the molecule is O=C(CCCNC(=O)c1ccc(F)cc1F)NNC(=O)c1ccccc1Cl. The molecule has 0 unspecified atom stereocenters. The Kier molecular flexibility index (Phi) is 7.25. The lowest BCUT2D eigenvalue weighted by Crippen LogP contribution is -2.41. The van der Waals surface area contributed by atoms with E-state index in [4.69, 9.17) is 11.6 Å². The van der Waals surface area contributed by atoms with Gasteiger partial charge in [-0.1, -0.05) is 23.7 Å². The van der Waals surface area contributed by atoms with Gasteiger partial charge in [0.25, 0.3) is 11.8 Å². The summed E-state index contributed by atoms with van der Waals surface area (Å²) in [5.74, 6) is -3.49. The van der Waals surface area contributed by atoms with Crippen LogP contribution in [0, 0.1) is 11.6 Å². The molecule has 3 N–H and O–H groups in total. The summed E-state index contributed by atoms with van der Waals surface area (Å²) in [6, 6.07) is 8.99. The fourth-order valence-corrected chi connectivity index (χ4v) is 2.34. The minimum absolute atomic E-state index is 0.00891. The minimum atomic E-state index is -0.965. The molecule has 0 bridgehead atoms. The summed E-state index contributed by atoms with van der Waals surface area (Å²) in [5.41, 5.74) is 4.40. The molecular weight excluding hydrogens is 380 g/mol. The van der Waals surface area contributed by atoms with Gasteiger partial charge in [0.2, 0.25) is 5.91 Å². The van der Waals surface area contributed by atoms with E-state index in [1.807, 2.05) is 0 Å². The average molecular weight is 396 g/mol. The van der Waals surface area contributed by atoms with Crippen molar-refractivity contribution < 1.29 is 23.2 Å².